The minimum absolute atomic E-state index is 0.235. The highest BCUT2D eigenvalue weighted by molar-refractivity contribution is 6.20. The Morgan fingerprint density at radius 1 is 0.488 bits per heavy atom. The molecule has 6 aromatic rings. The predicted molar refractivity (Wildman–Crippen MR) is 165 cm³/mol. The van der Waals surface area contributed by atoms with E-state index in [4.69, 9.17) is 9.31 Å². The van der Waals surface area contributed by atoms with Crippen LogP contribution in [0.4, 0.5) is 0 Å². The number of hydrogen-bond acceptors (Lipinski definition) is 6. The molecule has 0 aliphatic heterocycles. The number of rotatable bonds is 8. The summed E-state index contributed by atoms with van der Waals surface area (Å²) < 4.78 is 14.0. The van der Waals surface area contributed by atoms with Gasteiger partial charge in [-0.05, 0) is 46.5 Å². The van der Waals surface area contributed by atoms with E-state index in [0.29, 0.717) is 11.4 Å². The topological polar surface area (TPSA) is 103 Å². The summed E-state index contributed by atoms with van der Waals surface area (Å²) in [5, 5.41) is 20.7. The second-order valence-electron chi connectivity index (χ2n) is 9.65. The van der Waals surface area contributed by atoms with Crippen LogP contribution in [0.1, 0.15) is 0 Å². The van der Waals surface area contributed by atoms with Crippen LogP contribution in [0.25, 0.3) is 33.6 Å². The molecule has 2 heterocycles. The van der Waals surface area contributed by atoms with Crippen molar-refractivity contribution in [3.05, 3.63) is 154 Å². The molecule has 0 aliphatic carbocycles. The SMILES string of the molecule is O=c1c(O)cn(-c2cccc(-c3ccccc3)c2)cc1O[B]Oc1cn(-c2cccc(-c3ccccc3)c2)cc(O)c1=O. The molecule has 9 heteroatoms. The average Bonchev–Trinajstić information content (AvgIpc) is 3.05. The van der Waals surface area contributed by atoms with Crippen molar-refractivity contribution in [1.29, 1.82) is 0 Å². The van der Waals surface area contributed by atoms with E-state index in [2.05, 4.69) is 0 Å². The Bertz CT molecular complexity index is 1880. The van der Waals surface area contributed by atoms with Crippen LogP contribution >= 0.6 is 0 Å². The second-order valence-corrected chi connectivity index (χ2v) is 9.65. The van der Waals surface area contributed by atoms with Gasteiger partial charge in [-0.2, -0.15) is 0 Å². The first-order chi connectivity index (χ1) is 21.0. The van der Waals surface area contributed by atoms with Crippen LogP contribution in [0, 0.1) is 0 Å². The molecular weight excluding hydrogens is 543 g/mol. The first-order valence-electron chi connectivity index (χ1n) is 13.3. The fraction of sp³-hybridized carbons (Fsp3) is 0. The molecule has 0 amide bonds. The third kappa shape index (κ3) is 5.91. The Morgan fingerprint density at radius 3 is 1.30 bits per heavy atom. The van der Waals surface area contributed by atoms with E-state index in [-0.39, 0.29) is 11.5 Å². The molecule has 8 nitrogen and oxygen atoms in total. The lowest BCUT2D eigenvalue weighted by Gasteiger charge is -2.13. The standard InChI is InChI=1S/C34H24BN2O6/c38-29-19-36(27-15-7-13-25(17-27)23-9-3-1-4-10-23)21-31(33(29)40)42-35-43-32-22-37(20-30(39)34(32)41)28-16-8-14-26(18-28)24-11-5-2-6-12-24/h1-22,38-39H. The summed E-state index contributed by atoms with van der Waals surface area (Å²) in [6.07, 6.45) is 5.39. The summed E-state index contributed by atoms with van der Waals surface area (Å²) in [5.41, 5.74) is 3.74. The van der Waals surface area contributed by atoms with Crippen molar-refractivity contribution in [1.82, 2.24) is 9.13 Å². The van der Waals surface area contributed by atoms with Gasteiger partial charge in [-0.3, -0.25) is 9.59 Å². The summed E-state index contributed by atoms with van der Waals surface area (Å²) in [6.45, 7) is 0. The molecule has 6 rings (SSSR count). The van der Waals surface area contributed by atoms with Gasteiger partial charge in [0, 0.05) is 11.4 Å². The quantitative estimate of drug-likeness (QED) is 0.228. The molecule has 0 fully saturated rings. The maximum absolute atomic E-state index is 12.6. The summed E-state index contributed by atoms with van der Waals surface area (Å²) in [6, 6.07) is 34.7. The van der Waals surface area contributed by atoms with Crippen molar-refractivity contribution in [3.8, 4) is 56.6 Å². The molecule has 0 saturated heterocycles. The maximum atomic E-state index is 12.6. The summed E-state index contributed by atoms with van der Waals surface area (Å²) >= 11 is 0. The zero-order chi connectivity index (χ0) is 29.8. The zero-order valence-electron chi connectivity index (χ0n) is 22.7. The van der Waals surface area contributed by atoms with Gasteiger partial charge in [0.15, 0.2) is 23.0 Å². The monoisotopic (exact) mass is 567 g/mol. The molecule has 209 valence electrons. The lowest BCUT2D eigenvalue weighted by Crippen LogP contribution is -2.21. The van der Waals surface area contributed by atoms with Gasteiger partial charge in [0.05, 0.1) is 24.8 Å². The van der Waals surface area contributed by atoms with Crippen LogP contribution in [0.15, 0.2) is 144 Å². The minimum atomic E-state index is -0.763. The molecule has 0 saturated carbocycles. The molecule has 1 radical (unpaired) electrons. The molecule has 2 N–H and O–H groups in total. The Balaban J connectivity index is 1.23. The molecule has 4 aromatic carbocycles. The van der Waals surface area contributed by atoms with Gasteiger partial charge in [0.25, 0.3) is 10.9 Å². The van der Waals surface area contributed by atoms with Crippen molar-refractivity contribution >= 4 is 7.69 Å². The summed E-state index contributed by atoms with van der Waals surface area (Å²) in [4.78, 5) is 25.2. The maximum Gasteiger partial charge on any atom is 0.658 e. The molecule has 2 aromatic heterocycles. The Morgan fingerprint density at radius 2 is 0.884 bits per heavy atom. The van der Waals surface area contributed by atoms with Crippen LogP contribution in [0.2, 0.25) is 0 Å². The summed E-state index contributed by atoms with van der Waals surface area (Å²) in [7, 11) is 0.807. The molecule has 0 unspecified atom stereocenters. The number of benzene rings is 4. The average molecular weight is 567 g/mol. The third-order valence-corrected chi connectivity index (χ3v) is 6.80. The van der Waals surface area contributed by atoms with Crippen molar-refractivity contribution in [2.75, 3.05) is 0 Å². The highest BCUT2D eigenvalue weighted by Crippen LogP contribution is 2.25. The highest BCUT2D eigenvalue weighted by Gasteiger charge is 2.15. The zero-order valence-corrected chi connectivity index (χ0v) is 22.7. The second kappa shape index (κ2) is 11.9. The molecule has 43 heavy (non-hydrogen) atoms. The number of pyridine rings is 2. The van der Waals surface area contributed by atoms with Crippen LogP contribution in [-0.4, -0.2) is 27.0 Å². The Labute approximate surface area is 247 Å². The lowest BCUT2D eigenvalue weighted by atomic mass is 10.1. The number of nitrogens with zero attached hydrogens (tertiary/aromatic N) is 2. The normalized spacial score (nSPS) is 10.7. The fourth-order valence-corrected chi connectivity index (χ4v) is 4.62. The lowest BCUT2D eigenvalue weighted by molar-refractivity contribution is 0.426. The van der Waals surface area contributed by atoms with E-state index >= 15 is 0 Å². The van der Waals surface area contributed by atoms with Crippen molar-refractivity contribution in [2.45, 2.75) is 0 Å². The molecule has 0 aliphatic rings. The smallest absolute Gasteiger partial charge is 0.522 e. The van der Waals surface area contributed by atoms with Gasteiger partial charge in [0.1, 0.15) is 0 Å². The van der Waals surface area contributed by atoms with Crippen LogP contribution in [0.3, 0.4) is 0 Å². The fourth-order valence-electron chi connectivity index (χ4n) is 4.62. The van der Waals surface area contributed by atoms with Crippen LogP contribution in [-0.2, 0) is 0 Å². The van der Waals surface area contributed by atoms with E-state index < -0.39 is 22.4 Å². The van der Waals surface area contributed by atoms with Gasteiger partial charge in [-0.15, -0.1) is 0 Å². The number of hydrogen-bond donors (Lipinski definition) is 2. The van der Waals surface area contributed by atoms with Crippen LogP contribution < -0.4 is 20.2 Å². The van der Waals surface area contributed by atoms with Gasteiger partial charge < -0.3 is 28.7 Å². The number of aromatic nitrogens is 2. The van der Waals surface area contributed by atoms with Gasteiger partial charge in [-0.25, -0.2) is 0 Å². The van der Waals surface area contributed by atoms with Gasteiger partial charge in [0.2, 0.25) is 0 Å². The van der Waals surface area contributed by atoms with E-state index in [9.17, 15) is 19.8 Å². The van der Waals surface area contributed by atoms with E-state index in [1.165, 1.54) is 24.8 Å². The Kier molecular flexibility index (Phi) is 7.52. The molecule has 0 atom stereocenters. The van der Waals surface area contributed by atoms with E-state index in [1.807, 2.05) is 109 Å². The van der Waals surface area contributed by atoms with Crippen molar-refractivity contribution < 1.29 is 19.5 Å². The van der Waals surface area contributed by atoms with E-state index in [0.717, 1.165) is 29.9 Å². The van der Waals surface area contributed by atoms with Crippen molar-refractivity contribution in [3.63, 3.8) is 0 Å². The first-order valence-corrected chi connectivity index (χ1v) is 13.3. The Hall–Kier alpha value is -5.96. The van der Waals surface area contributed by atoms with Gasteiger partial charge in [-0.1, -0.05) is 84.9 Å². The molecular formula is C34H24BN2O6. The van der Waals surface area contributed by atoms with Crippen LogP contribution in [0.5, 0.6) is 23.0 Å². The molecule has 0 bridgehead atoms. The minimum Gasteiger partial charge on any atom is -0.522 e. The highest BCUT2D eigenvalue weighted by atomic mass is 16.6. The third-order valence-electron chi connectivity index (χ3n) is 6.80. The predicted octanol–water partition coefficient (Wildman–Crippen LogP) is 5.73. The van der Waals surface area contributed by atoms with Gasteiger partial charge >= 0.3 is 7.69 Å². The first kappa shape index (κ1) is 27.2. The largest absolute Gasteiger partial charge is 0.658 e. The number of aromatic hydroxyl groups is 2. The molecule has 0 spiro atoms. The van der Waals surface area contributed by atoms with Crippen molar-refractivity contribution in [2.24, 2.45) is 0 Å². The van der Waals surface area contributed by atoms with E-state index in [1.54, 1.807) is 9.13 Å². The summed E-state index contributed by atoms with van der Waals surface area (Å²) in [5.74, 6) is -1.54.